The number of nitrogens with zero attached hydrogens (tertiary/aromatic N) is 1. The smallest absolute Gasteiger partial charge is 0.416 e. The van der Waals surface area contributed by atoms with Crippen molar-refractivity contribution >= 4 is 11.9 Å². The van der Waals surface area contributed by atoms with E-state index in [1.807, 2.05) is 0 Å². The molecular formula is C17H18F3NO4. The van der Waals surface area contributed by atoms with Crippen LogP contribution in [0.4, 0.5) is 13.2 Å². The minimum atomic E-state index is -4.46. The summed E-state index contributed by atoms with van der Waals surface area (Å²) in [6.07, 6.45) is -4.27. The molecule has 5 nitrogen and oxygen atoms in total. The molecule has 1 aromatic carbocycles. The zero-order valence-electron chi connectivity index (χ0n) is 13.4. The van der Waals surface area contributed by atoms with Crippen molar-refractivity contribution in [1.29, 1.82) is 0 Å². The topological polar surface area (TPSA) is 66.8 Å². The highest BCUT2D eigenvalue weighted by Gasteiger charge is 2.54. The van der Waals surface area contributed by atoms with Gasteiger partial charge in [-0.15, -0.1) is 0 Å². The first kappa shape index (κ1) is 17.7. The van der Waals surface area contributed by atoms with Crippen molar-refractivity contribution in [3.63, 3.8) is 0 Å². The van der Waals surface area contributed by atoms with Crippen molar-refractivity contribution in [3.8, 4) is 0 Å². The summed E-state index contributed by atoms with van der Waals surface area (Å²) >= 11 is 0. The van der Waals surface area contributed by atoms with E-state index >= 15 is 0 Å². The molecule has 3 rings (SSSR count). The van der Waals surface area contributed by atoms with Gasteiger partial charge in [0, 0.05) is 13.1 Å². The fourth-order valence-corrected chi connectivity index (χ4v) is 3.27. The van der Waals surface area contributed by atoms with Crippen molar-refractivity contribution in [2.24, 2.45) is 0 Å². The second-order valence-corrected chi connectivity index (χ2v) is 6.50. The van der Waals surface area contributed by atoms with Crippen LogP contribution in [0.1, 0.15) is 30.4 Å². The van der Waals surface area contributed by atoms with E-state index < -0.39 is 29.2 Å². The predicted molar refractivity (Wildman–Crippen MR) is 80.9 cm³/mol. The molecule has 0 spiro atoms. The Hall–Kier alpha value is -2.09. The Balaban J connectivity index is 1.79. The molecule has 1 saturated heterocycles. The summed E-state index contributed by atoms with van der Waals surface area (Å²) in [6, 6.07) is 4.90. The van der Waals surface area contributed by atoms with Gasteiger partial charge in [-0.3, -0.25) is 9.59 Å². The van der Waals surface area contributed by atoms with Crippen LogP contribution in [0.3, 0.4) is 0 Å². The number of carboxylic acid groups (broad SMARTS) is 1. The highest BCUT2D eigenvalue weighted by atomic mass is 19.4. The van der Waals surface area contributed by atoms with Crippen molar-refractivity contribution < 1.29 is 32.6 Å². The number of carbonyl (C=O) groups is 2. The molecule has 1 aliphatic heterocycles. The number of amides is 1. The van der Waals surface area contributed by atoms with Crippen molar-refractivity contribution in [2.75, 3.05) is 19.7 Å². The van der Waals surface area contributed by atoms with Crippen LogP contribution in [0.2, 0.25) is 0 Å². The maximum atomic E-state index is 12.9. The number of hydrogen-bond acceptors (Lipinski definition) is 3. The van der Waals surface area contributed by atoms with Gasteiger partial charge in [-0.25, -0.2) is 0 Å². The molecule has 136 valence electrons. The van der Waals surface area contributed by atoms with Crippen LogP contribution in [0.5, 0.6) is 0 Å². The Kier molecular flexibility index (Phi) is 4.49. The largest absolute Gasteiger partial charge is 0.481 e. The van der Waals surface area contributed by atoms with E-state index in [4.69, 9.17) is 9.84 Å². The van der Waals surface area contributed by atoms with E-state index in [1.165, 1.54) is 11.0 Å². The van der Waals surface area contributed by atoms with Crippen molar-refractivity contribution in [2.45, 2.75) is 37.0 Å². The molecule has 1 saturated carbocycles. The first-order valence-electron chi connectivity index (χ1n) is 8.03. The highest BCUT2D eigenvalue weighted by molar-refractivity contribution is 5.91. The van der Waals surface area contributed by atoms with E-state index in [9.17, 15) is 22.8 Å². The molecule has 25 heavy (non-hydrogen) atoms. The number of aliphatic carboxylic acids is 1. The number of alkyl halides is 3. The third kappa shape index (κ3) is 3.63. The van der Waals surface area contributed by atoms with Gasteiger partial charge >= 0.3 is 12.1 Å². The Morgan fingerprint density at radius 1 is 1.32 bits per heavy atom. The lowest BCUT2D eigenvalue weighted by Crippen LogP contribution is -2.49. The lowest BCUT2D eigenvalue weighted by molar-refractivity contribution is -0.149. The summed E-state index contributed by atoms with van der Waals surface area (Å²) in [5, 5.41) is 8.86. The normalized spacial score (nSPS) is 22.5. The number of halogens is 3. The lowest BCUT2D eigenvalue weighted by atomic mass is 9.92. The van der Waals surface area contributed by atoms with Gasteiger partial charge in [0.25, 0.3) is 0 Å². The monoisotopic (exact) mass is 357 g/mol. The van der Waals surface area contributed by atoms with Crippen LogP contribution in [0.25, 0.3) is 0 Å². The molecule has 2 aliphatic rings. The van der Waals surface area contributed by atoms with Gasteiger partial charge in [0.05, 0.1) is 30.1 Å². The number of hydrogen-bond donors (Lipinski definition) is 1. The summed E-state index contributed by atoms with van der Waals surface area (Å²) in [6.45, 7) is 0.684. The maximum absolute atomic E-state index is 12.9. The average molecular weight is 357 g/mol. The van der Waals surface area contributed by atoms with Crippen LogP contribution < -0.4 is 0 Å². The summed E-state index contributed by atoms with van der Waals surface area (Å²) in [5.41, 5.74) is -1.32. The van der Waals surface area contributed by atoms with Crippen LogP contribution in [0.15, 0.2) is 24.3 Å². The summed E-state index contributed by atoms with van der Waals surface area (Å²) in [5.74, 6) is -1.26. The summed E-state index contributed by atoms with van der Waals surface area (Å²) in [4.78, 5) is 25.3. The van der Waals surface area contributed by atoms with E-state index in [0.717, 1.165) is 12.1 Å². The highest BCUT2D eigenvalue weighted by Crippen LogP contribution is 2.50. The zero-order chi connectivity index (χ0) is 18.2. The molecule has 0 unspecified atom stereocenters. The molecule has 0 radical (unpaired) electrons. The second-order valence-electron chi connectivity index (χ2n) is 6.50. The number of carbonyl (C=O) groups excluding carboxylic acids is 1. The van der Waals surface area contributed by atoms with Gasteiger partial charge < -0.3 is 14.7 Å². The van der Waals surface area contributed by atoms with Crippen LogP contribution in [-0.4, -0.2) is 47.7 Å². The second kappa shape index (κ2) is 6.33. The molecule has 1 heterocycles. The molecular weight excluding hydrogens is 339 g/mol. The average Bonchev–Trinajstić information content (AvgIpc) is 3.35. The predicted octanol–water partition coefficient (Wildman–Crippen LogP) is 2.44. The third-order valence-electron chi connectivity index (χ3n) is 4.73. The van der Waals surface area contributed by atoms with E-state index in [-0.39, 0.29) is 25.5 Å². The minimum absolute atomic E-state index is 0.145. The van der Waals surface area contributed by atoms with Gasteiger partial charge in [0.1, 0.15) is 0 Å². The molecule has 8 heteroatoms. The fraction of sp³-hybridized carbons (Fsp3) is 0.529. The van der Waals surface area contributed by atoms with Crippen LogP contribution in [0, 0.1) is 0 Å². The number of morpholine rings is 1. The van der Waals surface area contributed by atoms with Gasteiger partial charge in [0.2, 0.25) is 5.91 Å². The molecule has 1 aromatic rings. The lowest BCUT2D eigenvalue weighted by Gasteiger charge is -2.35. The van der Waals surface area contributed by atoms with Gasteiger partial charge in [0.15, 0.2) is 0 Å². The van der Waals surface area contributed by atoms with Crippen LogP contribution in [-0.2, 0) is 25.9 Å². The molecule has 1 amide bonds. The molecule has 0 bridgehead atoms. The van der Waals surface area contributed by atoms with E-state index in [2.05, 4.69) is 0 Å². The molecule has 1 N–H and O–H groups in total. The fourth-order valence-electron chi connectivity index (χ4n) is 3.27. The number of carboxylic acids is 1. The SMILES string of the molecule is O=C(O)C[C@@H]1CN(C(=O)C2(c3cccc(C(F)(F)F)c3)CC2)CCO1. The van der Waals surface area contributed by atoms with E-state index in [1.54, 1.807) is 6.07 Å². The number of benzene rings is 1. The zero-order valence-corrected chi connectivity index (χ0v) is 13.4. The molecule has 1 aliphatic carbocycles. The van der Waals surface area contributed by atoms with Crippen LogP contribution >= 0.6 is 0 Å². The summed E-state index contributed by atoms with van der Waals surface area (Å²) in [7, 11) is 0. The van der Waals surface area contributed by atoms with Crippen molar-refractivity contribution in [1.82, 2.24) is 4.90 Å². The Bertz CT molecular complexity index is 685. The summed E-state index contributed by atoms with van der Waals surface area (Å²) < 4.78 is 44.2. The Labute approximate surface area is 142 Å². The number of ether oxygens (including phenoxy) is 1. The first-order valence-corrected chi connectivity index (χ1v) is 8.03. The molecule has 0 aromatic heterocycles. The minimum Gasteiger partial charge on any atom is -0.481 e. The van der Waals surface area contributed by atoms with E-state index in [0.29, 0.717) is 24.9 Å². The molecule has 2 fully saturated rings. The van der Waals surface area contributed by atoms with Crippen molar-refractivity contribution in [3.05, 3.63) is 35.4 Å². The number of rotatable bonds is 4. The Morgan fingerprint density at radius 2 is 2.04 bits per heavy atom. The van der Waals surface area contributed by atoms with Gasteiger partial charge in [-0.05, 0) is 24.5 Å². The first-order chi connectivity index (χ1) is 11.7. The van der Waals surface area contributed by atoms with Gasteiger partial charge in [-0.2, -0.15) is 13.2 Å². The Morgan fingerprint density at radius 3 is 2.64 bits per heavy atom. The standard InChI is InChI=1S/C17H18F3NO4/c18-17(19,20)12-3-1-2-11(8-12)16(4-5-16)15(24)21-6-7-25-13(10-21)9-14(22)23/h1-3,8,13H,4-7,9-10H2,(H,22,23)/t13-/m1/s1. The third-order valence-corrected chi connectivity index (χ3v) is 4.73. The molecule has 1 atom stereocenters. The van der Waals surface area contributed by atoms with Gasteiger partial charge in [-0.1, -0.05) is 18.2 Å². The quantitative estimate of drug-likeness (QED) is 0.899. The maximum Gasteiger partial charge on any atom is 0.416 e.